The first-order valence-electron chi connectivity index (χ1n) is 6.12. The second-order valence-electron chi connectivity index (χ2n) is 4.55. The second kappa shape index (κ2) is 5.71. The quantitative estimate of drug-likeness (QED) is 0.857. The minimum absolute atomic E-state index is 0.402. The smallest absolute Gasteiger partial charge is 0.320 e. The van der Waals surface area contributed by atoms with E-state index in [1.807, 2.05) is 27.2 Å². The molecule has 0 unspecified atom stereocenters. The lowest BCUT2D eigenvalue weighted by Crippen LogP contribution is -2.10. The zero-order valence-electron chi connectivity index (χ0n) is 11.7. The third-order valence-electron chi connectivity index (χ3n) is 2.74. The molecule has 2 rings (SSSR count). The monoisotopic (exact) mass is 261 g/mol. The lowest BCUT2D eigenvalue weighted by atomic mass is 10.1. The summed E-state index contributed by atoms with van der Waals surface area (Å²) in [6, 6.07) is 6.50. The molecule has 0 spiro atoms. The van der Waals surface area contributed by atoms with E-state index in [1.54, 1.807) is 0 Å². The Morgan fingerprint density at radius 3 is 2.74 bits per heavy atom. The van der Waals surface area contributed by atoms with Gasteiger partial charge in [0.2, 0.25) is 5.89 Å². The van der Waals surface area contributed by atoms with E-state index in [-0.39, 0.29) is 0 Å². The fourth-order valence-corrected chi connectivity index (χ4v) is 1.82. The maximum absolute atomic E-state index is 5.45. The van der Waals surface area contributed by atoms with Crippen molar-refractivity contribution in [2.24, 2.45) is 0 Å². The van der Waals surface area contributed by atoms with E-state index >= 15 is 0 Å². The first-order valence-corrected chi connectivity index (χ1v) is 6.12. The first-order chi connectivity index (χ1) is 9.10. The summed E-state index contributed by atoms with van der Waals surface area (Å²) < 4.78 is 5.45. The van der Waals surface area contributed by atoms with Crippen molar-refractivity contribution in [3.8, 4) is 0 Å². The number of aromatic nitrogens is 2. The highest BCUT2D eigenvalue weighted by Gasteiger charge is 2.07. The predicted molar refractivity (Wildman–Crippen MR) is 75.9 cm³/mol. The van der Waals surface area contributed by atoms with Crippen molar-refractivity contribution in [3.63, 3.8) is 0 Å². The first kappa shape index (κ1) is 13.4. The van der Waals surface area contributed by atoms with Gasteiger partial charge in [-0.1, -0.05) is 11.2 Å². The molecule has 1 aromatic heterocycles. The number of aryl methyl sites for hydroxylation is 1. The van der Waals surface area contributed by atoms with Crippen LogP contribution in [-0.2, 0) is 6.54 Å². The average molecular weight is 261 g/mol. The van der Waals surface area contributed by atoms with Crippen molar-refractivity contribution in [2.75, 3.05) is 31.4 Å². The molecule has 0 saturated heterocycles. The number of hydrogen-bond donors (Lipinski definition) is 2. The van der Waals surface area contributed by atoms with Gasteiger partial charge in [0.25, 0.3) is 0 Å². The molecule has 0 atom stereocenters. The summed E-state index contributed by atoms with van der Waals surface area (Å²) in [5, 5.41) is 13.9. The van der Waals surface area contributed by atoms with Gasteiger partial charge in [-0.15, -0.1) is 5.10 Å². The number of hydrogen-bond acceptors (Lipinski definition) is 6. The van der Waals surface area contributed by atoms with Crippen LogP contribution >= 0.6 is 0 Å². The standard InChI is InChI=1S/C13H19N5O/c1-9-5-6-10(7-11(9)18(3)4)15-13-17-16-12(19-13)8-14-2/h5-7,14H,8H2,1-4H3,(H,15,17). The van der Waals surface area contributed by atoms with Crippen LogP contribution < -0.4 is 15.5 Å². The van der Waals surface area contributed by atoms with Crippen molar-refractivity contribution in [1.82, 2.24) is 15.5 Å². The summed E-state index contributed by atoms with van der Waals surface area (Å²) in [4.78, 5) is 2.07. The van der Waals surface area contributed by atoms with Crippen LogP contribution in [0.15, 0.2) is 22.6 Å². The molecule has 1 aromatic carbocycles. The molecule has 1 heterocycles. The molecule has 2 N–H and O–H groups in total. The van der Waals surface area contributed by atoms with E-state index < -0.39 is 0 Å². The topological polar surface area (TPSA) is 66.2 Å². The summed E-state index contributed by atoms with van der Waals surface area (Å²) in [7, 11) is 5.87. The Kier molecular flexibility index (Phi) is 4.01. The third kappa shape index (κ3) is 3.23. The number of anilines is 3. The fraction of sp³-hybridized carbons (Fsp3) is 0.385. The van der Waals surface area contributed by atoms with Gasteiger partial charge in [0, 0.05) is 25.5 Å². The number of benzene rings is 1. The lowest BCUT2D eigenvalue weighted by Gasteiger charge is -2.16. The van der Waals surface area contributed by atoms with Gasteiger partial charge >= 0.3 is 6.01 Å². The van der Waals surface area contributed by atoms with Crippen LogP contribution in [0.3, 0.4) is 0 Å². The van der Waals surface area contributed by atoms with Crippen LogP contribution in [0.1, 0.15) is 11.5 Å². The molecule has 0 amide bonds. The minimum atomic E-state index is 0.402. The van der Waals surface area contributed by atoms with Crippen LogP contribution in [0, 0.1) is 6.92 Å². The van der Waals surface area contributed by atoms with Gasteiger partial charge in [0.15, 0.2) is 0 Å². The molecule has 0 saturated carbocycles. The summed E-state index contributed by atoms with van der Waals surface area (Å²) in [6.45, 7) is 2.64. The van der Waals surface area contributed by atoms with E-state index in [2.05, 4.69) is 44.8 Å². The predicted octanol–water partition coefficient (Wildman–Crippen LogP) is 1.91. The number of rotatable bonds is 5. The molecule has 0 fully saturated rings. The van der Waals surface area contributed by atoms with Crippen LogP contribution in [-0.4, -0.2) is 31.3 Å². The van der Waals surface area contributed by atoms with Gasteiger partial charge in [-0.3, -0.25) is 0 Å². The van der Waals surface area contributed by atoms with E-state index in [4.69, 9.17) is 4.42 Å². The van der Waals surface area contributed by atoms with Crippen molar-refractivity contribution >= 4 is 17.4 Å². The lowest BCUT2D eigenvalue weighted by molar-refractivity contribution is 0.493. The van der Waals surface area contributed by atoms with Gasteiger partial charge < -0.3 is 20.0 Å². The Balaban J connectivity index is 2.16. The van der Waals surface area contributed by atoms with Crippen molar-refractivity contribution in [2.45, 2.75) is 13.5 Å². The summed E-state index contributed by atoms with van der Waals surface area (Å²) in [5.41, 5.74) is 3.30. The minimum Gasteiger partial charge on any atom is -0.406 e. The molecule has 6 nitrogen and oxygen atoms in total. The molecule has 102 valence electrons. The van der Waals surface area contributed by atoms with E-state index in [0.29, 0.717) is 18.5 Å². The van der Waals surface area contributed by atoms with Gasteiger partial charge in [0.1, 0.15) is 0 Å². The fourth-order valence-electron chi connectivity index (χ4n) is 1.82. The third-order valence-corrected chi connectivity index (χ3v) is 2.74. The molecular weight excluding hydrogens is 242 g/mol. The Morgan fingerprint density at radius 1 is 1.26 bits per heavy atom. The zero-order chi connectivity index (χ0) is 13.8. The highest BCUT2D eigenvalue weighted by atomic mass is 16.4. The van der Waals surface area contributed by atoms with E-state index in [9.17, 15) is 0 Å². The Bertz CT molecular complexity index is 550. The maximum atomic E-state index is 5.45. The van der Waals surface area contributed by atoms with E-state index in [1.165, 1.54) is 5.56 Å². The molecule has 0 aliphatic carbocycles. The molecule has 2 aromatic rings. The van der Waals surface area contributed by atoms with Crippen LogP contribution in [0.5, 0.6) is 0 Å². The number of nitrogens with zero attached hydrogens (tertiary/aromatic N) is 3. The SMILES string of the molecule is CNCc1nnc(Nc2ccc(C)c(N(C)C)c2)o1. The molecule has 6 heteroatoms. The van der Waals surface area contributed by atoms with Gasteiger partial charge in [-0.25, -0.2) is 0 Å². The highest BCUT2D eigenvalue weighted by Crippen LogP contribution is 2.24. The Morgan fingerprint density at radius 2 is 2.05 bits per heavy atom. The molecule has 0 aliphatic rings. The van der Waals surface area contributed by atoms with Crippen molar-refractivity contribution in [1.29, 1.82) is 0 Å². The molecule has 19 heavy (non-hydrogen) atoms. The Hall–Kier alpha value is -2.08. The largest absolute Gasteiger partial charge is 0.406 e. The van der Waals surface area contributed by atoms with Crippen molar-refractivity contribution < 1.29 is 4.42 Å². The van der Waals surface area contributed by atoms with Crippen LogP contribution in [0.25, 0.3) is 0 Å². The van der Waals surface area contributed by atoms with Crippen LogP contribution in [0.4, 0.5) is 17.4 Å². The summed E-state index contributed by atoms with van der Waals surface area (Å²) in [6.07, 6.45) is 0. The Labute approximate surface area is 112 Å². The average Bonchev–Trinajstić information content (AvgIpc) is 2.79. The summed E-state index contributed by atoms with van der Waals surface area (Å²) >= 11 is 0. The maximum Gasteiger partial charge on any atom is 0.320 e. The number of nitrogens with one attached hydrogen (secondary N) is 2. The normalized spacial score (nSPS) is 10.5. The van der Waals surface area contributed by atoms with Gasteiger partial charge in [0.05, 0.1) is 6.54 Å². The molecule has 0 bridgehead atoms. The van der Waals surface area contributed by atoms with Crippen LogP contribution in [0.2, 0.25) is 0 Å². The second-order valence-corrected chi connectivity index (χ2v) is 4.55. The summed E-state index contributed by atoms with van der Waals surface area (Å²) in [5.74, 6) is 0.560. The molecular formula is C13H19N5O. The van der Waals surface area contributed by atoms with E-state index in [0.717, 1.165) is 11.4 Å². The zero-order valence-corrected chi connectivity index (χ0v) is 11.7. The van der Waals surface area contributed by atoms with Gasteiger partial charge in [-0.05, 0) is 31.7 Å². The van der Waals surface area contributed by atoms with Gasteiger partial charge in [-0.2, -0.15) is 0 Å². The molecule has 0 aliphatic heterocycles. The van der Waals surface area contributed by atoms with Crippen molar-refractivity contribution in [3.05, 3.63) is 29.7 Å². The molecule has 0 radical (unpaired) electrons. The highest BCUT2D eigenvalue weighted by molar-refractivity contribution is 5.64.